The number of nitrogens with two attached hydrogens (primary N) is 1. The Morgan fingerprint density at radius 1 is 1.17 bits per heavy atom. The van der Waals surface area contributed by atoms with Crippen LogP contribution in [0.2, 0.25) is 0 Å². The zero-order chi connectivity index (χ0) is 33.2. The van der Waals surface area contributed by atoms with Crippen LogP contribution in [0.4, 0.5) is 8.78 Å². The van der Waals surface area contributed by atoms with Gasteiger partial charge in [0.2, 0.25) is 6.41 Å². The summed E-state index contributed by atoms with van der Waals surface area (Å²) in [6, 6.07) is 13.4. The molecule has 1 aliphatic rings. The molecule has 0 bridgehead atoms. The van der Waals surface area contributed by atoms with Gasteiger partial charge in [0.05, 0.1) is 22.7 Å². The van der Waals surface area contributed by atoms with Crippen molar-refractivity contribution in [3.63, 3.8) is 0 Å². The van der Waals surface area contributed by atoms with E-state index in [1.807, 2.05) is 48.4 Å². The number of aromatic nitrogens is 2. The molecule has 1 unspecified atom stereocenters. The number of carbonyl (C=O) groups is 1. The fraction of sp³-hybridized carbons (Fsp3) is 0.412. The van der Waals surface area contributed by atoms with Crippen LogP contribution < -0.4 is 15.2 Å². The summed E-state index contributed by atoms with van der Waals surface area (Å²) >= 11 is 1.12. The molecule has 1 aliphatic heterocycles. The highest BCUT2D eigenvalue weighted by molar-refractivity contribution is 7.16. The van der Waals surface area contributed by atoms with E-state index in [1.54, 1.807) is 31.5 Å². The maximum Gasteiger partial charge on any atom is 0.291 e. The molecule has 3 heterocycles. The van der Waals surface area contributed by atoms with Gasteiger partial charge in [0.25, 0.3) is 11.8 Å². The van der Waals surface area contributed by atoms with E-state index in [2.05, 4.69) is 11.6 Å². The summed E-state index contributed by atoms with van der Waals surface area (Å²) in [5.74, 6) is -3.10. The molecule has 1 amide bonds. The fourth-order valence-electron chi connectivity index (χ4n) is 5.51. The largest absolute Gasteiger partial charge is 0.490 e. The third kappa shape index (κ3) is 7.58. The van der Waals surface area contributed by atoms with Crippen LogP contribution >= 0.6 is 11.3 Å². The molecule has 0 saturated carbocycles. The molecule has 1 fully saturated rings. The van der Waals surface area contributed by atoms with Gasteiger partial charge in [0.15, 0.2) is 0 Å². The first kappa shape index (κ1) is 33.5. The number of amides is 1. The molecule has 4 aromatic rings. The van der Waals surface area contributed by atoms with Crippen molar-refractivity contribution in [2.75, 3.05) is 13.1 Å². The monoisotopic (exact) mass is 654 g/mol. The fourth-order valence-corrected chi connectivity index (χ4v) is 6.43. The van der Waals surface area contributed by atoms with Gasteiger partial charge in [0.1, 0.15) is 33.8 Å². The highest BCUT2D eigenvalue weighted by Crippen LogP contribution is 2.39. The number of alkyl halides is 2. The molecule has 1 saturated heterocycles. The molecular formula is C34H40F2N4O5S. The van der Waals surface area contributed by atoms with Crippen LogP contribution in [0.15, 0.2) is 67.5 Å². The molecule has 46 heavy (non-hydrogen) atoms. The number of carbonyl (C=O) groups excluding carboxylic acids is 1. The van der Waals surface area contributed by atoms with Gasteiger partial charge in [-0.25, -0.2) is 4.98 Å². The van der Waals surface area contributed by atoms with Crippen LogP contribution in [0.1, 0.15) is 73.9 Å². The van der Waals surface area contributed by atoms with Gasteiger partial charge in [-0.15, -0.1) is 11.3 Å². The SMILES string of the molecule is C=CC(F)(F)c1ccccc1[C@@H](C)Oc1cc(-n2cnc3ccc(O[C@@H]4CCCN(C(O)OC(C)(C)C)CC4)cc32)sc1C(N)=O. The summed E-state index contributed by atoms with van der Waals surface area (Å²) in [5, 5.41) is 11.2. The quantitative estimate of drug-likeness (QED) is 0.133. The number of benzene rings is 2. The average molecular weight is 655 g/mol. The van der Waals surface area contributed by atoms with E-state index >= 15 is 0 Å². The van der Waals surface area contributed by atoms with Crippen molar-refractivity contribution in [2.45, 2.75) is 77.1 Å². The van der Waals surface area contributed by atoms with Gasteiger partial charge >= 0.3 is 0 Å². The maximum atomic E-state index is 14.6. The summed E-state index contributed by atoms with van der Waals surface area (Å²) in [6.45, 7) is 12.0. The van der Waals surface area contributed by atoms with Crippen LogP contribution in [0.3, 0.4) is 0 Å². The highest BCUT2D eigenvalue weighted by atomic mass is 32.1. The van der Waals surface area contributed by atoms with Crippen LogP contribution in [0.25, 0.3) is 16.0 Å². The standard InChI is InChI=1S/C34H40F2N4O5S/c1-6-34(35,36)25-12-8-7-11-24(25)21(2)43-28-19-29(46-30(28)31(37)41)40-20-38-26-14-13-23(18-27(26)40)44-22-10-9-16-39(17-15-22)32(42)45-33(3,4)5/h6-8,11-14,18-22,32,42H,1,9-10,15-17H2,2-5H3,(H2,37,41)/t21-,22-,32?/m1/s1. The first-order chi connectivity index (χ1) is 21.8. The lowest BCUT2D eigenvalue weighted by Gasteiger charge is -2.31. The van der Waals surface area contributed by atoms with Crippen LogP contribution in [0.5, 0.6) is 11.5 Å². The Bertz CT molecular complexity index is 1700. The van der Waals surface area contributed by atoms with E-state index < -0.39 is 29.9 Å². The number of ether oxygens (including phenoxy) is 3. The van der Waals surface area contributed by atoms with Crippen molar-refractivity contribution in [3.05, 3.63) is 83.5 Å². The first-order valence-corrected chi connectivity index (χ1v) is 16.0. The normalized spacial score (nSPS) is 17.8. The number of likely N-dealkylation sites (tertiary alicyclic amines) is 1. The Balaban J connectivity index is 1.36. The average Bonchev–Trinajstić information content (AvgIpc) is 3.53. The number of aliphatic hydroxyl groups is 1. The predicted molar refractivity (Wildman–Crippen MR) is 174 cm³/mol. The minimum Gasteiger partial charge on any atom is -0.490 e. The second-order valence-electron chi connectivity index (χ2n) is 12.3. The lowest BCUT2D eigenvalue weighted by molar-refractivity contribution is -0.238. The highest BCUT2D eigenvalue weighted by Gasteiger charge is 2.32. The van der Waals surface area contributed by atoms with Crippen molar-refractivity contribution >= 4 is 28.3 Å². The van der Waals surface area contributed by atoms with Crippen molar-refractivity contribution < 1.29 is 32.9 Å². The van der Waals surface area contributed by atoms with E-state index in [-0.39, 0.29) is 27.9 Å². The van der Waals surface area contributed by atoms with E-state index in [1.165, 1.54) is 12.1 Å². The van der Waals surface area contributed by atoms with Crippen LogP contribution in [-0.4, -0.2) is 56.7 Å². The summed E-state index contributed by atoms with van der Waals surface area (Å²) in [5.41, 5.74) is 6.76. The lowest BCUT2D eigenvalue weighted by atomic mass is 9.98. The Morgan fingerprint density at radius 2 is 1.93 bits per heavy atom. The first-order valence-electron chi connectivity index (χ1n) is 15.2. The van der Waals surface area contributed by atoms with Gasteiger partial charge < -0.3 is 25.1 Å². The number of primary amides is 1. The molecule has 5 rings (SSSR count). The van der Waals surface area contributed by atoms with Gasteiger partial charge in [-0.3, -0.25) is 14.3 Å². The predicted octanol–water partition coefficient (Wildman–Crippen LogP) is 6.93. The number of aliphatic hydroxyl groups excluding tert-OH is 1. The summed E-state index contributed by atoms with van der Waals surface area (Å²) in [6.07, 6.45) is 2.77. The molecule has 0 spiro atoms. The van der Waals surface area contributed by atoms with Crippen LogP contribution in [0, 0.1) is 0 Å². The van der Waals surface area contributed by atoms with E-state index in [4.69, 9.17) is 19.9 Å². The van der Waals surface area contributed by atoms with Crippen molar-refractivity contribution in [1.29, 1.82) is 0 Å². The number of imidazole rings is 1. The Morgan fingerprint density at radius 3 is 2.65 bits per heavy atom. The minimum atomic E-state index is -3.26. The third-order valence-electron chi connectivity index (χ3n) is 7.77. The molecular weight excluding hydrogens is 614 g/mol. The van der Waals surface area contributed by atoms with Crippen molar-refractivity contribution in [3.8, 4) is 16.5 Å². The molecule has 3 atom stereocenters. The number of thiophene rings is 1. The van der Waals surface area contributed by atoms with Crippen molar-refractivity contribution in [1.82, 2.24) is 14.5 Å². The Hall–Kier alpha value is -3.84. The van der Waals surface area contributed by atoms with Gasteiger partial charge in [-0.1, -0.05) is 30.8 Å². The molecule has 0 radical (unpaired) electrons. The number of fused-ring (bicyclic) bond motifs is 1. The molecule has 246 valence electrons. The summed E-state index contributed by atoms with van der Waals surface area (Å²) in [4.78, 5) is 19.0. The number of hydrogen-bond acceptors (Lipinski definition) is 8. The van der Waals surface area contributed by atoms with Gasteiger partial charge in [-0.2, -0.15) is 8.78 Å². The van der Waals surface area contributed by atoms with Crippen molar-refractivity contribution in [2.24, 2.45) is 5.73 Å². The second-order valence-corrected chi connectivity index (χ2v) is 13.4. The Labute approximate surface area is 271 Å². The Kier molecular flexibility index (Phi) is 9.83. The third-order valence-corrected chi connectivity index (χ3v) is 8.90. The second kappa shape index (κ2) is 13.5. The number of hydrogen-bond donors (Lipinski definition) is 2. The van der Waals surface area contributed by atoms with Crippen LogP contribution in [-0.2, 0) is 10.7 Å². The molecule has 2 aromatic heterocycles. The summed E-state index contributed by atoms with van der Waals surface area (Å²) in [7, 11) is 0. The zero-order valence-corrected chi connectivity index (χ0v) is 27.2. The number of halogens is 2. The smallest absolute Gasteiger partial charge is 0.291 e. The lowest BCUT2D eigenvalue weighted by Crippen LogP contribution is -2.42. The number of nitrogens with zero attached hydrogens (tertiary/aromatic N) is 3. The molecule has 9 nitrogen and oxygen atoms in total. The minimum absolute atomic E-state index is 0.0540. The maximum absolute atomic E-state index is 14.6. The molecule has 2 aromatic carbocycles. The van der Waals surface area contributed by atoms with Gasteiger partial charge in [-0.05, 0) is 65.2 Å². The van der Waals surface area contributed by atoms with E-state index in [9.17, 15) is 18.7 Å². The van der Waals surface area contributed by atoms with E-state index in [0.717, 1.165) is 36.1 Å². The number of allylic oxidation sites excluding steroid dienone is 1. The summed E-state index contributed by atoms with van der Waals surface area (Å²) < 4.78 is 49.3. The molecule has 3 N–H and O–H groups in total. The topological polar surface area (TPSA) is 112 Å². The number of rotatable bonds is 11. The van der Waals surface area contributed by atoms with E-state index in [0.29, 0.717) is 35.4 Å². The zero-order valence-electron chi connectivity index (χ0n) is 26.4. The van der Waals surface area contributed by atoms with Gasteiger partial charge in [0, 0.05) is 36.3 Å². The molecule has 12 heteroatoms. The molecule has 0 aliphatic carbocycles.